The Kier molecular flexibility index (Phi) is 4.42. The zero-order chi connectivity index (χ0) is 14.7. The van der Waals surface area contributed by atoms with Crippen LogP contribution >= 0.6 is 0 Å². The minimum absolute atomic E-state index is 0.0294. The van der Waals surface area contributed by atoms with Gasteiger partial charge in [0.25, 0.3) is 0 Å². The number of benzene rings is 1. The molecule has 0 aliphatic rings. The zero-order valence-corrected chi connectivity index (χ0v) is 11.9. The molecule has 1 N–H and O–H groups in total. The van der Waals surface area contributed by atoms with E-state index in [0.717, 1.165) is 17.5 Å². The van der Waals surface area contributed by atoms with Crippen molar-refractivity contribution < 1.29 is 19.1 Å². The number of hydrogen-bond acceptors (Lipinski definition) is 4. The van der Waals surface area contributed by atoms with Gasteiger partial charge in [-0.15, -0.1) is 0 Å². The van der Waals surface area contributed by atoms with Gasteiger partial charge in [-0.1, -0.05) is 6.07 Å². The van der Waals surface area contributed by atoms with E-state index in [-0.39, 0.29) is 5.76 Å². The van der Waals surface area contributed by atoms with E-state index in [1.54, 1.807) is 13.2 Å². The van der Waals surface area contributed by atoms with E-state index < -0.39 is 5.97 Å². The molecular weight excluding hydrogens is 258 g/mol. The van der Waals surface area contributed by atoms with Gasteiger partial charge in [0.2, 0.25) is 5.76 Å². The summed E-state index contributed by atoms with van der Waals surface area (Å²) >= 11 is 0. The molecule has 1 aromatic carbocycles. The Morgan fingerprint density at radius 1 is 1.45 bits per heavy atom. The Morgan fingerprint density at radius 2 is 2.20 bits per heavy atom. The van der Waals surface area contributed by atoms with Gasteiger partial charge < -0.3 is 14.3 Å². The Balaban J connectivity index is 2.17. The summed E-state index contributed by atoms with van der Waals surface area (Å²) < 4.78 is 10.4. The lowest BCUT2D eigenvalue weighted by Gasteiger charge is -2.23. The molecule has 0 aliphatic heterocycles. The molecule has 0 radical (unpaired) electrons. The van der Waals surface area contributed by atoms with E-state index in [9.17, 15) is 4.79 Å². The summed E-state index contributed by atoms with van der Waals surface area (Å²) in [6.07, 6.45) is 0. The third-order valence-electron chi connectivity index (χ3n) is 3.38. The third-order valence-corrected chi connectivity index (χ3v) is 3.38. The van der Waals surface area contributed by atoms with E-state index in [2.05, 4.69) is 11.8 Å². The predicted molar refractivity (Wildman–Crippen MR) is 76.0 cm³/mol. The number of rotatable bonds is 6. The smallest absolute Gasteiger partial charge is 0.371 e. The predicted octanol–water partition coefficient (Wildman–Crippen LogP) is 2.60. The number of fused-ring (bicyclic) bond motifs is 1. The number of carboxylic acid groups (broad SMARTS) is 1. The van der Waals surface area contributed by atoms with Crippen molar-refractivity contribution in [3.8, 4) is 0 Å². The SMILES string of the molecule is COCC(C)N(C)Cc1ccc2oc(C(=O)O)cc2c1. The van der Waals surface area contributed by atoms with Crippen LogP contribution in [0.4, 0.5) is 0 Å². The molecule has 0 saturated heterocycles. The van der Waals surface area contributed by atoms with Gasteiger partial charge in [0, 0.05) is 25.1 Å². The van der Waals surface area contributed by atoms with E-state index in [0.29, 0.717) is 18.2 Å². The van der Waals surface area contributed by atoms with Crippen molar-refractivity contribution >= 4 is 16.9 Å². The van der Waals surface area contributed by atoms with E-state index in [1.807, 2.05) is 25.2 Å². The average Bonchev–Trinajstić information content (AvgIpc) is 2.82. The monoisotopic (exact) mass is 277 g/mol. The van der Waals surface area contributed by atoms with E-state index >= 15 is 0 Å². The van der Waals surface area contributed by atoms with Gasteiger partial charge in [-0.05, 0) is 37.7 Å². The molecule has 0 saturated carbocycles. The van der Waals surface area contributed by atoms with Crippen LogP contribution in [0.3, 0.4) is 0 Å². The average molecular weight is 277 g/mol. The molecule has 5 heteroatoms. The fourth-order valence-corrected chi connectivity index (χ4v) is 2.11. The van der Waals surface area contributed by atoms with Crippen molar-refractivity contribution in [2.75, 3.05) is 20.8 Å². The largest absolute Gasteiger partial charge is 0.475 e. The molecular formula is C15H19NO4. The molecule has 5 nitrogen and oxygen atoms in total. The van der Waals surface area contributed by atoms with Gasteiger partial charge in [-0.3, -0.25) is 4.90 Å². The first kappa shape index (κ1) is 14.6. The van der Waals surface area contributed by atoms with Crippen molar-refractivity contribution in [3.05, 3.63) is 35.6 Å². The normalized spacial score (nSPS) is 13.0. The second-order valence-electron chi connectivity index (χ2n) is 5.01. The quantitative estimate of drug-likeness (QED) is 0.879. The highest BCUT2D eigenvalue weighted by Gasteiger charge is 2.12. The highest BCUT2D eigenvalue weighted by molar-refractivity contribution is 5.91. The Bertz CT molecular complexity index is 605. The van der Waals surface area contributed by atoms with Crippen molar-refractivity contribution in [2.45, 2.75) is 19.5 Å². The number of ether oxygens (including phenoxy) is 1. The zero-order valence-electron chi connectivity index (χ0n) is 11.9. The lowest BCUT2D eigenvalue weighted by molar-refractivity contribution is 0.0665. The minimum atomic E-state index is -1.05. The molecule has 1 unspecified atom stereocenters. The first-order valence-electron chi connectivity index (χ1n) is 6.46. The third kappa shape index (κ3) is 3.18. The lowest BCUT2D eigenvalue weighted by Crippen LogP contribution is -2.32. The maximum atomic E-state index is 10.9. The summed E-state index contributed by atoms with van der Waals surface area (Å²) in [7, 11) is 3.72. The number of aromatic carboxylic acids is 1. The molecule has 0 spiro atoms. The summed E-state index contributed by atoms with van der Waals surface area (Å²) in [5.74, 6) is -1.08. The number of likely N-dealkylation sites (N-methyl/N-ethyl adjacent to an activating group) is 1. The summed E-state index contributed by atoms with van der Waals surface area (Å²) in [5, 5.41) is 9.73. The lowest BCUT2D eigenvalue weighted by atomic mass is 10.1. The molecule has 0 fully saturated rings. The summed E-state index contributed by atoms with van der Waals surface area (Å²) in [5.41, 5.74) is 1.71. The summed E-state index contributed by atoms with van der Waals surface area (Å²) in [6.45, 7) is 3.55. The van der Waals surface area contributed by atoms with Crippen LogP contribution in [0.25, 0.3) is 11.0 Å². The summed E-state index contributed by atoms with van der Waals surface area (Å²) in [6, 6.07) is 7.59. The number of hydrogen-bond donors (Lipinski definition) is 1. The van der Waals surface area contributed by atoms with Crippen LogP contribution in [-0.2, 0) is 11.3 Å². The standard InChI is InChI=1S/C15H19NO4/c1-10(9-19-3)16(2)8-11-4-5-13-12(6-11)7-14(20-13)15(17)18/h4-7,10H,8-9H2,1-3H3,(H,17,18). The van der Waals surface area contributed by atoms with Crippen LogP contribution in [-0.4, -0.2) is 42.8 Å². The Morgan fingerprint density at radius 3 is 2.85 bits per heavy atom. The van der Waals surface area contributed by atoms with Crippen LogP contribution in [0.1, 0.15) is 23.0 Å². The van der Waals surface area contributed by atoms with Gasteiger partial charge in [-0.2, -0.15) is 0 Å². The molecule has 0 amide bonds. The van der Waals surface area contributed by atoms with Crippen LogP contribution in [0.5, 0.6) is 0 Å². The highest BCUT2D eigenvalue weighted by Crippen LogP contribution is 2.21. The minimum Gasteiger partial charge on any atom is -0.475 e. The molecule has 1 aromatic heterocycles. The van der Waals surface area contributed by atoms with Crippen molar-refractivity contribution in [1.82, 2.24) is 4.90 Å². The van der Waals surface area contributed by atoms with Crippen molar-refractivity contribution in [1.29, 1.82) is 0 Å². The number of carboxylic acids is 1. The molecule has 0 bridgehead atoms. The molecule has 2 rings (SSSR count). The first-order chi connectivity index (χ1) is 9.51. The molecule has 108 valence electrons. The van der Waals surface area contributed by atoms with Gasteiger partial charge in [0.05, 0.1) is 6.61 Å². The van der Waals surface area contributed by atoms with Crippen LogP contribution in [0, 0.1) is 0 Å². The summed E-state index contributed by atoms with van der Waals surface area (Å²) in [4.78, 5) is 13.1. The van der Waals surface area contributed by atoms with E-state index in [1.165, 1.54) is 0 Å². The van der Waals surface area contributed by atoms with Gasteiger partial charge in [0.15, 0.2) is 0 Å². The van der Waals surface area contributed by atoms with Gasteiger partial charge in [-0.25, -0.2) is 4.79 Å². The maximum Gasteiger partial charge on any atom is 0.371 e. The van der Waals surface area contributed by atoms with Crippen LogP contribution < -0.4 is 0 Å². The number of carbonyl (C=O) groups is 1. The fraction of sp³-hybridized carbons (Fsp3) is 0.400. The number of furan rings is 1. The Labute approximate surface area is 117 Å². The topological polar surface area (TPSA) is 62.9 Å². The molecule has 1 heterocycles. The van der Waals surface area contributed by atoms with Crippen molar-refractivity contribution in [2.24, 2.45) is 0 Å². The molecule has 0 aliphatic carbocycles. The molecule has 1 atom stereocenters. The number of nitrogens with zero attached hydrogens (tertiary/aromatic N) is 1. The highest BCUT2D eigenvalue weighted by atomic mass is 16.5. The van der Waals surface area contributed by atoms with Crippen LogP contribution in [0.2, 0.25) is 0 Å². The first-order valence-corrected chi connectivity index (χ1v) is 6.46. The maximum absolute atomic E-state index is 10.9. The fourth-order valence-electron chi connectivity index (χ4n) is 2.11. The molecule has 2 aromatic rings. The number of methoxy groups -OCH3 is 1. The van der Waals surface area contributed by atoms with Gasteiger partial charge in [0.1, 0.15) is 5.58 Å². The van der Waals surface area contributed by atoms with Gasteiger partial charge >= 0.3 is 5.97 Å². The van der Waals surface area contributed by atoms with Crippen LogP contribution in [0.15, 0.2) is 28.7 Å². The molecule has 20 heavy (non-hydrogen) atoms. The second kappa shape index (κ2) is 6.07. The van der Waals surface area contributed by atoms with Crippen molar-refractivity contribution in [3.63, 3.8) is 0 Å². The Hall–Kier alpha value is -1.85. The van der Waals surface area contributed by atoms with E-state index in [4.69, 9.17) is 14.3 Å². The second-order valence-corrected chi connectivity index (χ2v) is 5.01.